The van der Waals surface area contributed by atoms with E-state index < -0.39 is 0 Å². The minimum atomic E-state index is 0.595. The molecule has 0 radical (unpaired) electrons. The van der Waals surface area contributed by atoms with Crippen molar-refractivity contribution in [3.63, 3.8) is 0 Å². The average Bonchev–Trinajstić information content (AvgIpc) is 2.50. The smallest absolute Gasteiger partial charge is 0.174 e. The summed E-state index contributed by atoms with van der Waals surface area (Å²) in [6.07, 6.45) is 0. The van der Waals surface area contributed by atoms with Crippen LogP contribution in [0.1, 0.15) is 0 Å². The molecule has 1 aromatic heterocycles. The predicted molar refractivity (Wildman–Crippen MR) is 68.1 cm³/mol. The summed E-state index contributed by atoms with van der Waals surface area (Å²) in [5, 5.41) is 1.19. The molecule has 0 saturated carbocycles. The SMILES string of the molecule is Clc1cc(Cl)cc(-c2nsc(I)n2)c1. The Labute approximate surface area is 109 Å². The van der Waals surface area contributed by atoms with E-state index in [0.717, 1.165) is 8.58 Å². The molecule has 1 aromatic carbocycles. The van der Waals surface area contributed by atoms with Gasteiger partial charge in [0.25, 0.3) is 0 Å². The first-order valence-corrected chi connectivity index (χ1v) is 6.21. The maximum Gasteiger partial charge on any atom is 0.174 e. The van der Waals surface area contributed by atoms with Crippen LogP contribution in [0.4, 0.5) is 0 Å². The zero-order chi connectivity index (χ0) is 10.1. The molecule has 0 amide bonds. The molecule has 0 bridgehead atoms. The van der Waals surface area contributed by atoms with Crippen LogP contribution in [0.25, 0.3) is 11.4 Å². The van der Waals surface area contributed by atoms with Crippen LogP contribution in [-0.2, 0) is 0 Å². The molecule has 14 heavy (non-hydrogen) atoms. The van der Waals surface area contributed by atoms with Crippen LogP contribution in [0.2, 0.25) is 10.0 Å². The van der Waals surface area contributed by atoms with E-state index in [1.807, 2.05) is 0 Å². The number of nitrogens with zero attached hydrogens (tertiary/aromatic N) is 2. The third-order valence-electron chi connectivity index (χ3n) is 1.52. The molecule has 2 rings (SSSR count). The van der Waals surface area contributed by atoms with E-state index in [9.17, 15) is 0 Å². The van der Waals surface area contributed by atoms with Gasteiger partial charge in [0.1, 0.15) is 0 Å². The van der Waals surface area contributed by atoms with Crippen LogP contribution in [0.15, 0.2) is 18.2 Å². The highest BCUT2D eigenvalue weighted by Gasteiger charge is 2.06. The molecule has 0 N–H and O–H groups in total. The Balaban J connectivity index is 2.51. The molecule has 0 saturated heterocycles. The van der Waals surface area contributed by atoms with E-state index in [4.69, 9.17) is 23.2 Å². The highest BCUT2D eigenvalue weighted by Crippen LogP contribution is 2.26. The maximum atomic E-state index is 5.87. The van der Waals surface area contributed by atoms with E-state index in [0.29, 0.717) is 15.9 Å². The second-order valence-electron chi connectivity index (χ2n) is 2.53. The zero-order valence-electron chi connectivity index (χ0n) is 6.67. The van der Waals surface area contributed by atoms with Gasteiger partial charge in [-0.1, -0.05) is 23.2 Å². The fourth-order valence-electron chi connectivity index (χ4n) is 1.01. The van der Waals surface area contributed by atoms with E-state index >= 15 is 0 Å². The third kappa shape index (κ3) is 2.36. The van der Waals surface area contributed by atoms with Crippen molar-refractivity contribution in [2.75, 3.05) is 0 Å². The molecule has 0 unspecified atom stereocenters. The lowest BCUT2D eigenvalue weighted by molar-refractivity contribution is 1.30. The van der Waals surface area contributed by atoms with Gasteiger partial charge in [-0.2, -0.15) is 4.37 Å². The lowest BCUT2D eigenvalue weighted by atomic mass is 10.2. The van der Waals surface area contributed by atoms with Gasteiger partial charge in [0.15, 0.2) is 8.84 Å². The van der Waals surface area contributed by atoms with Gasteiger partial charge >= 0.3 is 0 Å². The molecule has 1 heterocycles. The number of halogens is 3. The molecule has 0 aliphatic carbocycles. The Morgan fingerprint density at radius 1 is 1.14 bits per heavy atom. The summed E-state index contributed by atoms with van der Waals surface area (Å²) in [6, 6.07) is 5.28. The van der Waals surface area contributed by atoms with E-state index in [1.54, 1.807) is 18.2 Å². The lowest BCUT2D eigenvalue weighted by Crippen LogP contribution is -1.80. The van der Waals surface area contributed by atoms with Crippen molar-refractivity contribution >= 4 is 57.3 Å². The average molecular weight is 357 g/mol. The van der Waals surface area contributed by atoms with Crippen molar-refractivity contribution in [1.82, 2.24) is 9.36 Å². The molecule has 72 valence electrons. The summed E-state index contributed by atoms with van der Waals surface area (Å²) in [5.74, 6) is 0.670. The summed E-state index contributed by atoms with van der Waals surface area (Å²) >= 11 is 15.2. The van der Waals surface area contributed by atoms with Crippen molar-refractivity contribution in [3.8, 4) is 11.4 Å². The molecule has 0 aliphatic heterocycles. The van der Waals surface area contributed by atoms with Gasteiger partial charge in [0.05, 0.1) is 0 Å². The van der Waals surface area contributed by atoms with Crippen LogP contribution in [-0.4, -0.2) is 9.36 Å². The molecular weight excluding hydrogens is 354 g/mol. The Morgan fingerprint density at radius 3 is 2.29 bits per heavy atom. The van der Waals surface area contributed by atoms with Crippen molar-refractivity contribution < 1.29 is 0 Å². The van der Waals surface area contributed by atoms with Gasteiger partial charge in [0, 0.05) is 15.6 Å². The number of hydrogen-bond acceptors (Lipinski definition) is 3. The third-order valence-corrected chi connectivity index (χ3v) is 3.30. The Hall–Kier alpha value is 0.0900. The van der Waals surface area contributed by atoms with Crippen LogP contribution in [0.5, 0.6) is 0 Å². The van der Waals surface area contributed by atoms with Crippen molar-refractivity contribution in [3.05, 3.63) is 31.3 Å². The van der Waals surface area contributed by atoms with E-state index in [2.05, 4.69) is 31.9 Å². The molecule has 0 atom stereocenters. The molecule has 0 aliphatic rings. The highest BCUT2D eigenvalue weighted by atomic mass is 127. The molecule has 2 aromatic rings. The Morgan fingerprint density at radius 2 is 1.79 bits per heavy atom. The minimum absolute atomic E-state index is 0.595. The number of aromatic nitrogens is 2. The van der Waals surface area contributed by atoms with E-state index in [1.165, 1.54) is 11.5 Å². The standard InChI is InChI=1S/C8H3Cl2IN2S/c9-5-1-4(2-6(10)3-5)7-12-8(11)14-13-7/h1-3H. The van der Waals surface area contributed by atoms with Gasteiger partial charge in [-0.05, 0) is 52.3 Å². The molecule has 2 nitrogen and oxygen atoms in total. The van der Waals surface area contributed by atoms with Gasteiger partial charge in [0.2, 0.25) is 0 Å². The number of hydrogen-bond donors (Lipinski definition) is 0. The van der Waals surface area contributed by atoms with E-state index in [-0.39, 0.29) is 0 Å². The Kier molecular flexibility index (Phi) is 3.26. The second kappa shape index (κ2) is 4.30. The highest BCUT2D eigenvalue weighted by molar-refractivity contribution is 14.1. The van der Waals surface area contributed by atoms with Crippen LogP contribution in [0.3, 0.4) is 0 Å². The first-order valence-electron chi connectivity index (χ1n) is 3.61. The summed E-state index contributed by atoms with van der Waals surface area (Å²) in [6.45, 7) is 0. The van der Waals surface area contributed by atoms with Crippen LogP contribution < -0.4 is 0 Å². The first-order chi connectivity index (χ1) is 6.65. The number of rotatable bonds is 1. The largest absolute Gasteiger partial charge is 0.209 e. The number of benzene rings is 1. The molecule has 0 spiro atoms. The fraction of sp³-hybridized carbons (Fsp3) is 0. The van der Waals surface area contributed by atoms with Gasteiger partial charge in [-0.25, -0.2) is 4.98 Å². The fourth-order valence-corrected chi connectivity index (χ4v) is 2.49. The summed E-state index contributed by atoms with van der Waals surface area (Å²) in [7, 11) is 0. The van der Waals surface area contributed by atoms with Crippen LogP contribution >= 0.6 is 57.3 Å². The maximum absolute atomic E-state index is 5.87. The first kappa shape index (κ1) is 10.6. The van der Waals surface area contributed by atoms with Gasteiger partial charge in [-0.15, -0.1) is 0 Å². The van der Waals surface area contributed by atoms with Gasteiger partial charge in [-0.3, -0.25) is 0 Å². The predicted octanol–water partition coefficient (Wildman–Crippen LogP) is 4.12. The quantitative estimate of drug-likeness (QED) is 0.718. The van der Waals surface area contributed by atoms with Crippen LogP contribution in [0, 0.1) is 3.01 Å². The molecule has 0 fully saturated rings. The monoisotopic (exact) mass is 356 g/mol. The lowest BCUT2D eigenvalue weighted by Gasteiger charge is -1.97. The molecule has 6 heteroatoms. The normalized spacial score (nSPS) is 10.5. The summed E-state index contributed by atoms with van der Waals surface area (Å²) in [5.41, 5.74) is 0.849. The second-order valence-corrected chi connectivity index (χ2v) is 5.91. The topological polar surface area (TPSA) is 25.8 Å². The van der Waals surface area contributed by atoms with Crippen molar-refractivity contribution in [2.45, 2.75) is 0 Å². The van der Waals surface area contributed by atoms with Crippen molar-refractivity contribution in [1.29, 1.82) is 0 Å². The minimum Gasteiger partial charge on any atom is -0.209 e. The molecular formula is C8H3Cl2IN2S. The summed E-state index contributed by atoms with van der Waals surface area (Å²) in [4.78, 5) is 4.24. The zero-order valence-corrected chi connectivity index (χ0v) is 11.2. The Bertz CT molecular complexity index is 452. The van der Waals surface area contributed by atoms with Gasteiger partial charge < -0.3 is 0 Å². The van der Waals surface area contributed by atoms with Crippen molar-refractivity contribution in [2.24, 2.45) is 0 Å². The summed E-state index contributed by atoms with van der Waals surface area (Å²) < 4.78 is 5.07.